The lowest BCUT2D eigenvalue weighted by Gasteiger charge is -2.32. The molecule has 0 aliphatic carbocycles. The van der Waals surface area contributed by atoms with Crippen LogP contribution in [-0.2, 0) is 7.05 Å². The SMILES string of the molecule is Cn1cncc1C(=O)NC1CCCN(c2nc3c(F)cc(F)cc3s2)C1. The summed E-state index contributed by atoms with van der Waals surface area (Å²) in [4.78, 5) is 22.7. The van der Waals surface area contributed by atoms with Crippen LogP contribution in [0.3, 0.4) is 0 Å². The largest absolute Gasteiger partial charge is 0.346 e. The Hall–Kier alpha value is -2.55. The molecule has 3 aromatic rings. The number of anilines is 1. The van der Waals surface area contributed by atoms with Crippen molar-refractivity contribution in [2.45, 2.75) is 18.9 Å². The number of benzene rings is 1. The predicted octanol–water partition coefficient (Wildman–Crippen LogP) is 2.71. The van der Waals surface area contributed by atoms with E-state index in [1.807, 2.05) is 4.90 Å². The normalized spacial score (nSPS) is 17.7. The molecule has 0 saturated carbocycles. The van der Waals surface area contributed by atoms with Gasteiger partial charge in [-0.15, -0.1) is 0 Å². The number of nitrogens with zero attached hydrogens (tertiary/aromatic N) is 4. The standard InChI is InChI=1S/C17H17F2N5OS/c1-23-9-20-7-13(23)16(25)21-11-3-2-4-24(8-11)17-22-15-12(19)5-10(18)6-14(15)26-17/h5-7,9,11H,2-4,8H2,1H3,(H,21,25). The molecule has 6 nitrogen and oxygen atoms in total. The van der Waals surface area contributed by atoms with E-state index in [-0.39, 0.29) is 17.5 Å². The van der Waals surface area contributed by atoms with Gasteiger partial charge in [0.1, 0.15) is 17.0 Å². The molecule has 1 amide bonds. The average Bonchev–Trinajstić information content (AvgIpc) is 3.21. The lowest BCUT2D eigenvalue weighted by molar-refractivity contribution is 0.0925. The van der Waals surface area contributed by atoms with Crippen molar-refractivity contribution >= 4 is 32.6 Å². The maximum absolute atomic E-state index is 13.9. The zero-order chi connectivity index (χ0) is 18.3. The minimum atomic E-state index is -0.652. The molecular formula is C17H17F2N5OS. The fourth-order valence-corrected chi connectivity index (χ4v) is 4.22. The van der Waals surface area contributed by atoms with Gasteiger partial charge in [-0.25, -0.2) is 18.7 Å². The second-order valence-corrected chi connectivity index (χ2v) is 7.39. The van der Waals surface area contributed by atoms with Crippen molar-refractivity contribution in [2.24, 2.45) is 7.05 Å². The van der Waals surface area contributed by atoms with Crippen LogP contribution in [0.1, 0.15) is 23.3 Å². The predicted molar refractivity (Wildman–Crippen MR) is 95.4 cm³/mol. The fraction of sp³-hybridized carbons (Fsp3) is 0.353. The molecule has 3 heterocycles. The first-order valence-electron chi connectivity index (χ1n) is 8.29. The summed E-state index contributed by atoms with van der Waals surface area (Å²) < 4.78 is 29.4. The summed E-state index contributed by atoms with van der Waals surface area (Å²) in [5.74, 6) is -1.43. The average molecular weight is 377 g/mol. The molecule has 26 heavy (non-hydrogen) atoms. The molecule has 1 aromatic carbocycles. The Bertz CT molecular complexity index is 969. The zero-order valence-corrected chi connectivity index (χ0v) is 14.9. The van der Waals surface area contributed by atoms with Crippen molar-refractivity contribution < 1.29 is 13.6 Å². The minimum Gasteiger partial charge on any atom is -0.346 e. The number of nitrogens with one attached hydrogen (secondary N) is 1. The van der Waals surface area contributed by atoms with E-state index in [1.54, 1.807) is 17.9 Å². The summed E-state index contributed by atoms with van der Waals surface area (Å²) in [6, 6.07) is 2.10. The van der Waals surface area contributed by atoms with E-state index in [2.05, 4.69) is 15.3 Å². The molecule has 136 valence electrons. The van der Waals surface area contributed by atoms with Crippen LogP contribution < -0.4 is 10.2 Å². The van der Waals surface area contributed by atoms with Crippen molar-refractivity contribution in [1.82, 2.24) is 19.9 Å². The van der Waals surface area contributed by atoms with Crippen LogP contribution in [0.25, 0.3) is 10.2 Å². The minimum absolute atomic E-state index is 0.0419. The molecule has 0 bridgehead atoms. The van der Waals surface area contributed by atoms with Crippen molar-refractivity contribution in [2.75, 3.05) is 18.0 Å². The summed E-state index contributed by atoms with van der Waals surface area (Å²) in [6.45, 7) is 1.34. The lowest BCUT2D eigenvalue weighted by atomic mass is 10.1. The first-order chi connectivity index (χ1) is 12.5. The maximum Gasteiger partial charge on any atom is 0.269 e. The number of rotatable bonds is 3. The van der Waals surface area contributed by atoms with E-state index in [1.165, 1.54) is 23.6 Å². The van der Waals surface area contributed by atoms with Crippen LogP contribution in [-0.4, -0.2) is 39.6 Å². The number of aryl methyl sites for hydroxylation is 1. The topological polar surface area (TPSA) is 63.1 Å². The molecule has 1 aliphatic rings. The van der Waals surface area contributed by atoms with Gasteiger partial charge in [-0.3, -0.25) is 4.79 Å². The van der Waals surface area contributed by atoms with Gasteiger partial charge in [0.15, 0.2) is 10.9 Å². The number of imidazole rings is 1. The number of carbonyl (C=O) groups is 1. The third kappa shape index (κ3) is 3.14. The van der Waals surface area contributed by atoms with Crippen LogP contribution in [0.15, 0.2) is 24.7 Å². The van der Waals surface area contributed by atoms with E-state index in [9.17, 15) is 13.6 Å². The second kappa shape index (κ2) is 6.64. The highest BCUT2D eigenvalue weighted by molar-refractivity contribution is 7.22. The first kappa shape index (κ1) is 16.9. The van der Waals surface area contributed by atoms with Crippen molar-refractivity contribution in [3.8, 4) is 0 Å². The Morgan fingerprint density at radius 2 is 2.23 bits per heavy atom. The van der Waals surface area contributed by atoms with Crippen molar-refractivity contribution in [3.63, 3.8) is 0 Å². The van der Waals surface area contributed by atoms with Crippen LogP contribution in [0.5, 0.6) is 0 Å². The van der Waals surface area contributed by atoms with Gasteiger partial charge < -0.3 is 14.8 Å². The number of fused-ring (bicyclic) bond motifs is 1. The van der Waals surface area contributed by atoms with Gasteiger partial charge in [0.05, 0.1) is 17.2 Å². The van der Waals surface area contributed by atoms with Crippen LogP contribution in [0.2, 0.25) is 0 Å². The van der Waals surface area contributed by atoms with E-state index < -0.39 is 11.6 Å². The highest BCUT2D eigenvalue weighted by Gasteiger charge is 2.25. The van der Waals surface area contributed by atoms with E-state index in [4.69, 9.17) is 0 Å². The molecule has 0 radical (unpaired) electrons. The molecule has 9 heteroatoms. The number of aromatic nitrogens is 3. The Balaban J connectivity index is 1.51. The van der Waals surface area contributed by atoms with Gasteiger partial charge in [-0.1, -0.05) is 11.3 Å². The smallest absolute Gasteiger partial charge is 0.269 e. The first-order valence-corrected chi connectivity index (χ1v) is 9.10. The van der Waals surface area contributed by atoms with Crippen LogP contribution >= 0.6 is 11.3 Å². The zero-order valence-electron chi connectivity index (χ0n) is 14.1. The number of hydrogen-bond donors (Lipinski definition) is 1. The van der Waals surface area contributed by atoms with Gasteiger partial charge in [0.25, 0.3) is 5.91 Å². The summed E-state index contributed by atoms with van der Waals surface area (Å²) >= 11 is 1.26. The monoisotopic (exact) mass is 377 g/mol. The van der Waals surface area contributed by atoms with E-state index in [0.29, 0.717) is 22.1 Å². The van der Waals surface area contributed by atoms with E-state index in [0.717, 1.165) is 25.5 Å². The number of hydrogen-bond acceptors (Lipinski definition) is 5. The summed E-state index contributed by atoms with van der Waals surface area (Å²) in [5.41, 5.74) is 0.687. The van der Waals surface area contributed by atoms with E-state index >= 15 is 0 Å². The van der Waals surface area contributed by atoms with Crippen molar-refractivity contribution in [3.05, 3.63) is 42.0 Å². The van der Waals surface area contributed by atoms with Gasteiger partial charge in [0, 0.05) is 32.2 Å². The third-order valence-electron chi connectivity index (χ3n) is 4.48. The fourth-order valence-electron chi connectivity index (χ4n) is 3.18. The Morgan fingerprint density at radius 3 is 3.00 bits per heavy atom. The highest BCUT2D eigenvalue weighted by Crippen LogP contribution is 2.32. The van der Waals surface area contributed by atoms with Crippen molar-refractivity contribution in [1.29, 1.82) is 0 Å². The molecular weight excluding hydrogens is 360 g/mol. The number of carbonyl (C=O) groups excluding carboxylic acids is 1. The summed E-state index contributed by atoms with van der Waals surface area (Å²) in [5, 5.41) is 3.66. The molecule has 1 N–H and O–H groups in total. The number of amides is 1. The Kier molecular flexibility index (Phi) is 4.31. The Morgan fingerprint density at radius 1 is 1.38 bits per heavy atom. The molecule has 1 fully saturated rings. The number of piperidine rings is 1. The van der Waals surface area contributed by atoms with Gasteiger partial charge in [-0.2, -0.15) is 0 Å². The molecule has 1 aliphatic heterocycles. The molecule has 1 unspecified atom stereocenters. The summed E-state index contributed by atoms with van der Waals surface area (Å²) in [7, 11) is 1.77. The van der Waals surface area contributed by atoms with Gasteiger partial charge in [0.2, 0.25) is 0 Å². The van der Waals surface area contributed by atoms with Crippen LogP contribution in [0.4, 0.5) is 13.9 Å². The molecule has 1 saturated heterocycles. The van der Waals surface area contributed by atoms with Gasteiger partial charge in [-0.05, 0) is 18.9 Å². The molecule has 4 rings (SSSR count). The third-order valence-corrected chi connectivity index (χ3v) is 5.54. The second-order valence-electron chi connectivity index (χ2n) is 6.38. The Labute approximate surface area is 152 Å². The quantitative estimate of drug-likeness (QED) is 0.762. The molecule has 0 spiro atoms. The lowest BCUT2D eigenvalue weighted by Crippen LogP contribution is -2.48. The molecule has 1 atom stereocenters. The molecule has 2 aromatic heterocycles. The number of thiazole rings is 1. The van der Waals surface area contributed by atoms with Crippen LogP contribution in [0, 0.1) is 11.6 Å². The number of halogens is 2. The maximum atomic E-state index is 13.9. The van der Waals surface area contributed by atoms with Gasteiger partial charge >= 0.3 is 0 Å². The summed E-state index contributed by atoms with van der Waals surface area (Å²) in [6.07, 6.45) is 4.84. The highest BCUT2D eigenvalue weighted by atomic mass is 32.1.